The van der Waals surface area contributed by atoms with Crippen molar-refractivity contribution < 1.29 is 24.3 Å². The number of imide groups is 1. The second kappa shape index (κ2) is 8.10. The third-order valence-electron chi connectivity index (χ3n) is 2.29. The fourth-order valence-corrected chi connectivity index (χ4v) is 2.23. The zero-order chi connectivity index (χ0) is 15.8. The molecule has 0 saturated carbocycles. The molecule has 0 aliphatic heterocycles. The zero-order valence-electron chi connectivity index (χ0n) is 11.2. The lowest BCUT2D eigenvalue weighted by molar-refractivity contribution is -0.140. The van der Waals surface area contributed by atoms with E-state index >= 15 is 0 Å². The SMILES string of the molecule is CC(=O)N[C@@H](CSCC(=O)NC(=O)c1ccc[nH]1)C(=O)O. The van der Waals surface area contributed by atoms with E-state index in [4.69, 9.17) is 5.11 Å². The van der Waals surface area contributed by atoms with Gasteiger partial charge in [0.2, 0.25) is 11.8 Å². The molecule has 0 saturated heterocycles. The molecule has 0 bridgehead atoms. The van der Waals surface area contributed by atoms with E-state index in [1.807, 2.05) is 0 Å². The van der Waals surface area contributed by atoms with Gasteiger partial charge in [-0.15, -0.1) is 11.8 Å². The van der Waals surface area contributed by atoms with Gasteiger partial charge in [-0.25, -0.2) is 4.79 Å². The first-order valence-corrected chi connectivity index (χ1v) is 7.11. The molecule has 1 aromatic rings. The van der Waals surface area contributed by atoms with Crippen molar-refractivity contribution in [3.8, 4) is 0 Å². The minimum atomic E-state index is -1.18. The van der Waals surface area contributed by atoms with Crippen molar-refractivity contribution in [3.05, 3.63) is 24.0 Å². The van der Waals surface area contributed by atoms with Crippen LogP contribution in [0.3, 0.4) is 0 Å². The maximum Gasteiger partial charge on any atom is 0.327 e. The van der Waals surface area contributed by atoms with Crippen LogP contribution >= 0.6 is 11.8 Å². The number of H-pyrrole nitrogens is 1. The number of carbonyl (C=O) groups is 4. The maximum absolute atomic E-state index is 11.5. The molecule has 21 heavy (non-hydrogen) atoms. The molecule has 0 fully saturated rings. The van der Waals surface area contributed by atoms with Crippen LogP contribution in [0.15, 0.2) is 18.3 Å². The molecular weight excluding hydrogens is 298 g/mol. The Hall–Kier alpha value is -2.29. The number of nitrogens with one attached hydrogen (secondary N) is 3. The van der Waals surface area contributed by atoms with Gasteiger partial charge in [-0.3, -0.25) is 19.7 Å². The first kappa shape index (κ1) is 16.8. The van der Waals surface area contributed by atoms with E-state index in [0.717, 1.165) is 11.8 Å². The van der Waals surface area contributed by atoms with Gasteiger partial charge in [0.05, 0.1) is 5.75 Å². The molecular formula is C12H15N3O5S. The van der Waals surface area contributed by atoms with Crippen LogP contribution in [0.1, 0.15) is 17.4 Å². The second-order valence-electron chi connectivity index (χ2n) is 4.07. The molecule has 0 radical (unpaired) electrons. The molecule has 9 heteroatoms. The number of thioether (sulfide) groups is 1. The largest absolute Gasteiger partial charge is 0.480 e. The van der Waals surface area contributed by atoms with Crippen LogP contribution in [-0.2, 0) is 14.4 Å². The van der Waals surface area contributed by atoms with Gasteiger partial charge in [0, 0.05) is 18.9 Å². The number of carboxylic acids is 1. The highest BCUT2D eigenvalue weighted by atomic mass is 32.2. The highest BCUT2D eigenvalue weighted by molar-refractivity contribution is 8.00. The number of hydrogen-bond acceptors (Lipinski definition) is 5. The predicted octanol–water partition coefficient (Wildman–Crippen LogP) is -0.406. The van der Waals surface area contributed by atoms with Gasteiger partial charge in [-0.2, -0.15) is 0 Å². The highest BCUT2D eigenvalue weighted by Gasteiger charge is 2.19. The number of carboxylic acid groups (broad SMARTS) is 1. The van der Waals surface area contributed by atoms with Crippen molar-refractivity contribution in [2.75, 3.05) is 11.5 Å². The van der Waals surface area contributed by atoms with E-state index in [1.165, 1.54) is 13.0 Å². The average molecular weight is 313 g/mol. The highest BCUT2D eigenvalue weighted by Crippen LogP contribution is 2.04. The van der Waals surface area contributed by atoms with Crippen molar-refractivity contribution in [2.45, 2.75) is 13.0 Å². The van der Waals surface area contributed by atoms with Crippen LogP contribution in [0.25, 0.3) is 0 Å². The van der Waals surface area contributed by atoms with Gasteiger partial charge in [0.1, 0.15) is 11.7 Å². The van der Waals surface area contributed by atoms with E-state index in [0.29, 0.717) is 0 Å². The summed E-state index contributed by atoms with van der Waals surface area (Å²) in [5.41, 5.74) is 0.259. The predicted molar refractivity (Wildman–Crippen MR) is 75.8 cm³/mol. The number of amides is 3. The van der Waals surface area contributed by atoms with Crippen LogP contribution < -0.4 is 10.6 Å². The topological polar surface area (TPSA) is 128 Å². The Morgan fingerprint density at radius 3 is 2.62 bits per heavy atom. The minimum Gasteiger partial charge on any atom is -0.480 e. The number of aliphatic carboxylic acids is 1. The quantitative estimate of drug-likeness (QED) is 0.542. The van der Waals surface area contributed by atoms with E-state index in [-0.39, 0.29) is 17.2 Å². The third-order valence-corrected chi connectivity index (χ3v) is 3.32. The van der Waals surface area contributed by atoms with Crippen molar-refractivity contribution in [1.29, 1.82) is 0 Å². The normalized spacial score (nSPS) is 11.5. The molecule has 4 N–H and O–H groups in total. The lowest BCUT2D eigenvalue weighted by Gasteiger charge is -2.12. The molecule has 0 aliphatic carbocycles. The van der Waals surface area contributed by atoms with Gasteiger partial charge in [0.15, 0.2) is 0 Å². The Balaban J connectivity index is 2.34. The van der Waals surface area contributed by atoms with E-state index < -0.39 is 29.7 Å². The number of carbonyl (C=O) groups excluding carboxylic acids is 3. The Labute approximate surface area is 124 Å². The van der Waals surface area contributed by atoms with Crippen LogP contribution in [0, 0.1) is 0 Å². The number of aromatic amines is 1. The third kappa shape index (κ3) is 6.13. The van der Waals surface area contributed by atoms with Crippen LogP contribution in [0.4, 0.5) is 0 Å². The molecule has 1 aromatic heterocycles. The first-order valence-electron chi connectivity index (χ1n) is 5.95. The number of rotatable bonds is 7. The lowest BCUT2D eigenvalue weighted by Crippen LogP contribution is -2.42. The average Bonchev–Trinajstić information content (AvgIpc) is 2.90. The summed E-state index contributed by atoms with van der Waals surface area (Å²) in [5.74, 6) is -2.79. The van der Waals surface area contributed by atoms with Gasteiger partial charge in [0.25, 0.3) is 5.91 Å². The summed E-state index contributed by atoms with van der Waals surface area (Å²) in [6, 6.07) is 2.07. The van der Waals surface area contributed by atoms with E-state index in [1.54, 1.807) is 12.3 Å². The van der Waals surface area contributed by atoms with Crippen LogP contribution in [-0.4, -0.2) is 51.3 Å². The summed E-state index contributed by atoms with van der Waals surface area (Å²) in [5, 5.41) is 13.3. The summed E-state index contributed by atoms with van der Waals surface area (Å²) < 4.78 is 0. The van der Waals surface area contributed by atoms with Gasteiger partial charge in [-0.05, 0) is 12.1 Å². The van der Waals surface area contributed by atoms with E-state index in [2.05, 4.69) is 15.6 Å². The molecule has 0 unspecified atom stereocenters. The Morgan fingerprint density at radius 1 is 1.38 bits per heavy atom. The fourth-order valence-electron chi connectivity index (χ4n) is 1.39. The standard InChI is InChI=1S/C12H15N3O5S/c1-7(16)14-9(12(19)20)5-21-6-10(17)15-11(18)8-3-2-4-13-8/h2-4,9,13H,5-6H2,1H3,(H,14,16)(H,19,20)(H,15,17,18)/t9-/m0/s1. The summed E-state index contributed by atoms with van der Waals surface area (Å²) in [6.07, 6.45) is 1.55. The van der Waals surface area contributed by atoms with Crippen molar-refractivity contribution in [1.82, 2.24) is 15.6 Å². The molecule has 8 nitrogen and oxygen atoms in total. The fraction of sp³-hybridized carbons (Fsp3) is 0.333. The molecule has 114 valence electrons. The van der Waals surface area contributed by atoms with E-state index in [9.17, 15) is 19.2 Å². The smallest absolute Gasteiger partial charge is 0.327 e. The molecule has 1 atom stereocenters. The molecule has 1 rings (SSSR count). The van der Waals surface area contributed by atoms with Gasteiger partial charge in [-0.1, -0.05) is 0 Å². The van der Waals surface area contributed by atoms with Gasteiger partial charge < -0.3 is 15.4 Å². The molecule has 3 amide bonds. The molecule has 0 aliphatic rings. The summed E-state index contributed by atoms with van der Waals surface area (Å²) in [6.45, 7) is 1.21. The lowest BCUT2D eigenvalue weighted by atomic mass is 10.3. The zero-order valence-corrected chi connectivity index (χ0v) is 12.0. The van der Waals surface area contributed by atoms with Crippen molar-refractivity contribution in [3.63, 3.8) is 0 Å². The Morgan fingerprint density at radius 2 is 2.10 bits per heavy atom. The summed E-state index contributed by atoms with van der Waals surface area (Å²) in [7, 11) is 0. The minimum absolute atomic E-state index is 0.0268. The maximum atomic E-state index is 11.5. The molecule has 0 spiro atoms. The van der Waals surface area contributed by atoms with Crippen molar-refractivity contribution in [2.24, 2.45) is 0 Å². The number of hydrogen-bond donors (Lipinski definition) is 4. The summed E-state index contributed by atoms with van der Waals surface area (Å²) >= 11 is 1.01. The van der Waals surface area contributed by atoms with Crippen molar-refractivity contribution >= 4 is 35.5 Å². The monoisotopic (exact) mass is 313 g/mol. The van der Waals surface area contributed by atoms with Crippen LogP contribution in [0.2, 0.25) is 0 Å². The first-order chi connectivity index (χ1) is 9.90. The Kier molecular flexibility index (Phi) is 6.47. The molecule has 1 heterocycles. The van der Waals surface area contributed by atoms with Crippen LogP contribution in [0.5, 0.6) is 0 Å². The van der Waals surface area contributed by atoms with Gasteiger partial charge >= 0.3 is 5.97 Å². The second-order valence-corrected chi connectivity index (χ2v) is 5.10. The summed E-state index contributed by atoms with van der Waals surface area (Å²) in [4.78, 5) is 47.4. The Bertz CT molecular complexity index is 529. The molecule has 0 aromatic carbocycles. The number of aromatic nitrogens is 1.